The van der Waals surface area contributed by atoms with Crippen LogP contribution in [0.3, 0.4) is 0 Å². The number of pyridine rings is 1. The highest BCUT2D eigenvalue weighted by Gasteiger charge is 2.19. The minimum absolute atomic E-state index is 0.680. The van der Waals surface area contributed by atoms with Gasteiger partial charge in [0.1, 0.15) is 11.3 Å². The second kappa shape index (κ2) is 13.6. The van der Waals surface area contributed by atoms with Crippen LogP contribution in [-0.4, -0.2) is 15.0 Å². The first-order valence-electron chi connectivity index (χ1n) is 19.2. The first-order valence-corrected chi connectivity index (χ1v) is 19.2. The Morgan fingerprint density at radius 3 is 1.60 bits per heavy atom. The van der Waals surface area contributed by atoms with Crippen LogP contribution in [-0.2, 0) is 0 Å². The molecule has 11 aromatic rings. The van der Waals surface area contributed by atoms with E-state index in [0.29, 0.717) is 5.82 Å². The molecule has 4 heteroatoms. The van der Waals surface area contributed by atoms with E-state index in [1.165, 1.54) is 16.5 Å². The Morgan fingerprint density at radius 2 is 0.860 bits per heavy atom. The molecular formula is C53H33N3O. The van der Waals surface area contributed by atoms with Crippen LogP contribution >= 0.6 is 0 Å². The van der Waals surface area contributed by atoms with Crippen LogP contribution in [0.15, 0.2) is 205 Å². The molecule has 8 aromatic carbocycles. The third-order valence-electron chi connectivity index (χ3n) is 10.9. The van der Waals surface area contributed by atoms with Gasteiger partial charge in [0.15, 0.2) is 11.4 Å². The summed E-state index contributed by atoms with van der Waals surface area (Å²) in [5.41, 5.74) is 13.8. The standard InChI is InChI=1S/C53H33N3O/c1-3-12-34(13-4-1)35-22-26-38(27-23-35)47-33-46(37-14-5-2-6-15-37)55-53(56-47)39-28-24-36(25-29-39)40-18-11-19-43(30-40)51-52-50(44-20-9-10-21-49(44)57-52)45-31-41-16-7-8-17-42(41)32-48(45)54-51/h1-33H. The lowest BCUT2D eigenvalue weighted by Gasteiger charge is -2.11. The molecule has 0 amide bonds. The average molecular weight is 728 g/mol. The van der Waals surface area contributed by atoms with Crippen molar-refractivity contribution in [3.63, 3.8) is 0 Å². The summed E-state index contributed by atoms with van der Waals surface area (Å²) in [4.78, 5) is 15.5. The van der Waals surface area contributed by atoms with Gasteiger partial charge in [0, 0.05) is 38.4 Å². The first-order chi connectivity index (χ1) is 28.2. The van der Waals surface area contributed by atoms with E-state index < -0.39 is 0 Å². The zero-order valence-corrected chi connectivity index (χ0v) is 30.8. The Balaban J connectivity index is 0.982. The SMILES string of the molecule is c1ccc(-c2ccc(-c3cc(-c4ccccc4)nc(-c4ccc(-c5cccc(-c6nc7cc8ccccc8cc7c7c6oc6ccccc67)c5)cc4)n3)cc2)cc1. The van der Waals surface area contributed by atoms with Crippen LogP contribution < -0.4 is 0 Å². The van der Waals surface area contributed by atoms with E-state index in [2.05, 4.69) is 164 Å². The molecule has 0 aliphatic heterocycles. The van der Waals surface area contributed by atoms with Crippen molar-refractivity contribution in [3.8, 4) is 67.4 Å². The topological polar surface area (TPSA) is 51.8 Å². The highest BCUT2D eigenvalue weighted by atomic mass is 16.3. The zero-order valence-electron chi connectivity index (χ0n) is 30.8. The summed E-state index contributed by atoms with van der Waals surface area (Å²) in [7, 11) is 0. The van der Waals surface area contributed by atoms with Crippen LogP contribution in [0.4, 0.5) is 0 Å². The van der Waals surface area contributed by atoms with Crippen LogP contribution in [0, 0.1) is 0 Å². The molecule has 0 fully saturated rings. The van der Waals surface area contributed by atoms with Crippen LogP contribution in [0.1, 0.15) is 0 Å². The van der Waals surface area contributed by atoms with E-state index in [1.807, 2.05) is 36.4 Å². The molecule has 0 aliphatic carbocycles. The fraction of sp³-hybridized carbons (Fsp3) is 0. The van der Waals surface area contributed by atoms with Crippen LogP contribution in [0.2, 0.25) is 0 Å². The van der Waals surface area contributed by atoms with Crippen molar-refractivity contribution in [2.45, 2.75) is 0 Å². The van der Waals surface area contributed by atoms with Crippen molar-refractivity contribution in [1.29, 1.82) is 0 Å². The summed E-state index contributed by atoms with van der Waals surface area (Å²) >= 11 is 0. The fourth-order valence-corrected chi connectivity index (χ4v) is 7.97. The smallest absolute Gasteiger partial charge is 0.162 e. The number of benzene rings is 8. The average Bonchev–Trinajstić information content (AvgIpc) is 3.69. The summed E-state index contributed by atoms with van der Waals surface area (Å²) < 4.78 is 6.60. The van der Waals surface area contributed by atoms with Gasteiger partial charge in [0.2, 0.25) is 0 Å². The van der Waals surface area contributed by atoms with Crippen molar-refractivity contribution >= 4 is 43.6 Å². The van der Waals surface area contributed by atoms with Gasteiger partial charge < -0.3 is 4.42 Å². The third kappa shape index (κ3) is 5.92. The molecule has 0 bridgehead atoms. The van der Waals surface area contributed by atoms with Gasteiger partial charge in [-0.3, -0.25) is 0 Å². The molecule has 0 N–H and O–H groups in total. The van der Waals surface area contributed by atoms with E-state index >= 15 is 0 Å². The number of hydrogen-bond acceptors (Lipinski definition) is 4. The molecule has 57 heavy (non-hydrogen) atoms. The van der Waals surface area contributed by atoms with Gasteiger partial charge in [-0.05, 0) is 63.4 Å². The summed E-state index contributed by atoms with van der Waals surface area (Å²) in [5.74, 6) is 0.680. The second-order valence-electron chi connectivity index (χ2n) is 14.4. The second-order valence-corrected chi connectivity index (χ2v) is 14.4. The number of fused-ring (bicyclic) bond motifs is 6. The quantitative estimate of drug-likeness (QED) is 0.160. The zero-order chi connectivity index (χ0) is 37.7. The lowest BCUT2D eigenvalue weighted by atomic mass is 9.97. The van der Waals surface area contributed by atoms with E-state index in [-0.39, 0.29) is 0 Å². The number of rotatable bonds is 6. The summed E-state index contributed by atoms with van der Waals surface area (Å²) in [5, 5.41) is 5.62. The van der Waals surface area contributed by atoms with Gasteiger partial charge in [-0.1, -0.05) is 170 Å². The molecule has 0 atom stereocenters. The summed E-state index contributed by atoms with van der Waals surface area (Å²) in [6, 6.07) is 69.7. The highest BCUT2D eigenvalue weighted by Crippen LogP contribution is 2.41. The van der Waals surface area contributed by atoms with E-state index in [0.717, 1.165) is 88.7 Å². The van der Waals surface area contributed by atoms with Gasteiger partial charge in [-0.15, -0.1) is 0 Å². The first kappa shape index (κ1) is 32.7. The molecular weight excluding hydrogens is 695 g/mol. The summed E-state index contributed by atoms with van der Waals surface area (Å²) in [6.45, 7) is 0. The maximum absolute atomic E-state index is 6.60. The minimum atomic E-state index is 0.680. The van der Waals surface area contributed by atoms with Crippen molar-refractivity contribution in [3.05, 3.63) is 200 Å². The van der Waals surface area contributed by atoms with Gasteiger partial charge in [-0.2, -0.15) is 0 Å². The molecule has 11 rings (SSSR count). The van der Waals surface area contributed by atoms with Gasteiger partial charge in [-0.25, -0.2) is 15.0 Å². The lowest BCUT2D eigenvalue weighted by molar-refractivity contribution is 0.669. The van der Waals surface area contributed by atoms with Crippen molar-refractivity contribution in [2.75, 3.05) is 0 Å². The molecule has 0 unspecified atom stereocenters. The molecule has 3 heterocycles. The molecule has 0 saturated carbocycles. The van der Waals surface area contributed by atoms with Gasteiger partial charge >= 0.3 is 0 Å². The van der Waals surface area contributed by atoms with Crippen molar-refractivity contribution < 1.29 is 4.42 Å². The summed E-state index contributed by atoms with van der Waals surface area (Å²) in [6.07, 6.45) is 0. The largest absolute Gasteiger partial charge is 0.454 e. The molecule has 0 saturated heterocycles. The fourth-order valence-electron chi connectivity index (χ4n) is 7.97. The Kier molecular flexibility index (Phi) is 7.78. The molecule has 0 radical (unpaired) electrons. The number of para-hydroxylation sites is 1. The Labute approximate surface area is 329 Å². The van der Waals surface area contributed by atoms with Gasteiger partial charge in [0.05, 0.1) is 16.9 Å². The third-order valence-corrected chi connectivity index (χ3v) is 10.9. The van der Waals surface area contributed by atoms with E-state index in [9.17, 15) is 0 Å². The van der Waals surface area contributed by atoms with Crippen molar-refractivity contribution in [1.82, 2.24) is 15.0 Å². The number of hydrogen-bond donors (Lipinski definition) is 0. The predicted molar refractivity (Wildman–Crippen MR) is 235 cm³/mol. The number of nitrogens with zero attached hydrogens (tertiary/aromatic N) is 3. The van der Waals surface area contributed by atoms with Crippen LogP contribution in [0.5, 0.6) is 0 Å². The van der Waals surface area contributed by atoms with Gasteiger partial charge in [0.25, 0.3) is 0 Å². The Bertz CT molecular complexity index is 3260. The number of furan rings is 1. The molecule has 3 aromatic heterocycles. The minimum Gasteiger partial charge on any atom is -0.454 e. The molecule has 0 spiro atoms. The lowest BCUT2D eigenvalue weighted by Crippen LogP contribution is -1.96. The predicted octanol–water partition coefficient (Wildman–Crippen LogP) is 14.1. The van der Waals surface area contributed by atoms with Crippen molar-refractivity contribution in [2.24, 2.45) is 0 Å². The van der Waals surface area contributed by atoms with E-state index in [4.69, 9.17) is 19.4 Å². The Hall–Kier alpha value is -7.69. The normalized spacial score (nSPS) is 11.5. The van der Waals surface area contributed by atoms with E-state index in [1.54, 1.807) is 0 Å². The maximum atomic E-state index is 6.60. The number of aromatic nitrogens is 3. The van der Waals surface area contributed by atoms with Crippen LogP contribution in [0.25, 0.3) is 111 Å². The monoisotopic (exact) mass is 727 g/mol. The highest BCUT2D eigenvalue weighted by molar-refractivity contribution is 6.22. The molecule has 0 aliphatic rings. The maximum Gasteiger partial charge on any atom is 0.162 e. The molecule has 266 valence electrons. The Morgan fingerprint density at radius 1 is 0.333 bits per heavy atom. The molecule has 4 nitrogen and oxygen atoms in total.